The molecule has 1 aliphatic heterocycles. The van der Waals surface area contributed by atoms with Crippen molar-refractivity contribution in [2.24, 2.45) is 10.8 Å². The molecule has 2 aromatic rings. The Morgan fingerprint density at radius 3 is 2.61 bits per heavy atom. The largest absolute Gasteiger partial charge is 1.00 e. The van der Waals surface area contributed by atoms with Gasteiger partial charge in [-0.05, 0) is 23.4 Å². The van der Waals surface area contributed by atoms with Gasteiger partial charge in [0.15, 0.2) is 0 Å². The topological polar surface area (TPSA) is 41.4 Å². The Morgan fingerprint density at radius 1 is 1.13 bits per heavy atom. The fourth-order valence-corrected chi connectivity index (χ4v) is 3.59. The first-order valence-electron chi connectivity index (χ1n) is 6.74. The number of halogens is 3. The molecule has 1 aliphatic rings. The molecule has 0 unspecified atom stereocenters. The van der Waals surface area contributed by atoms with Gasteiger partial charge in [0, 0.05) is 5.56 Å². The van der Waals surface area contributed by atoms with Crippen LogP contribution in [-0.4, -0.2) is 22.6 Å². The third-order valence-corrected chi connectivity index (χ3v) is 5.34. The van der Waals surface area contributed by atoms with Crippen LogP contribution in [0.1, 0.15) is 16.4 Å². The highest BCUT2D eigenvalue weighted by Gasteiger charge is 2.29. The summed E-state index contributed by atoms with van der Waals surface area (Å²) in [7, 11) is 0. The Kier molecular flexibility index (Phi) is 6.53. The van der Waals surface area contributed by atoms with E-state index in [2.05, 4.69) is 17.2 Å². The fraction of sp³-hybridized carbons (Fsp3) is 0.125. The van der Waals surface area contributed by atoms with E-state index in [1.165, 1.54) is 5.56 Å². The number of nitrogens with zero attached hydrogens (tertiary/aromatic N) is 2. The zero-order valence-electron chi connectivity index (χ0n) is 12.0. The number of rotatable bonds is 3. The summed E-state index contributed by atoms with van der Waals surface area (Å²) in [5.74, 6) is 0. The predicted octanol–water partition coefficient (Wildman–Crippen LogP) is 1.15. The lowest BCUT2D eigenvalue weighted by molar-refractivity contribution is -0.527. The van der Waals surface area contributed by atoms with Gasteiger partial charge in [0.1, 0.15) is 6.54 Å². The molecule has 0 radical (unpaired) electrons. The average Bonchev–Trinajstić information content (AvgIpc) is 2.91. The molecule has 0 spiro atoms. The van der Waals surface area contributed by atoms with E-state index in [4.69, 9.17) is 28.9 Å². The molecule has 2 N–H and O–H groups in total. The summed E-state index contributed by atoms with van der Waals surface area (Å²) < 4.78 is 1.79. The minimum absolute atomic E-state index is 0. The molecular weight excluding hydrogens is 417 g/mol. The molecule has 120 valence electrons. The molecule has 0 aliphatic carbocycles. The van der Waals surface area contributed by atoms with Gasteiger partial charge in [0.05, 0.1) is 21.5 Å². The Hall–Kier alpha value is -1.01. The minimum atomic E-state index is 0. The molecule has 0 bridgehead atoms. The SMILES string of the molecule is NC1=[N+](/N=C/c2cccc(Cl)c2Cl)C[C@@H](c2ccccc2)S1.[Br-]. The van der Waals surface area contributed by atoms with Crippen LogP contribution in [0.2, 0.25) is 10.0 Å². The van der Waals surface area contributed by atoms with Crippen LogP contribution in [-0.2, 0) is 0 Å². The Bertz CT molecular complexity index is 750. The molecule has 0 amide bonds. The van der Waals surface area contributed by atoms with Gasteiger partial charge in [-0.25, -0.2) is 0 Å². The lowest BCUT2D eigenvalue weighted by Gasteiger charge is -2.05. The smallest absolute Gasteiger partial charge is 0.330 e. The Balaban J connectivity index is 0.00000192. The maximum absolute atomic E-state index is 6.15. The van der Waals surface area contributed by atoms with E-state index >= 15 is 0 Å². The first-order valence-corrected chi connectivity index (χ1v) is 8.38. The van der Waals surface area contributed by atoms with E-state index in [1.807, 2.05) is 30.3 Å². The van der Waals surface area contributed by atoms with Crippen molar-refractivity contribution in [1.29, 1.82) is 0 Å². The van der Waals surface area contributed by atoms with E-state index in [0.717, 1.165) is 12.1 Å². The molecule has 23 heavy (non-hydrogen) atoms. The molecule has 1 atom stereocenters. The van der Waals surface area contributed by atoms with Crippen molar-refractivity contribution in [3.05, 3.63) is 69.7 Å². The van der Waals surface area contributed by atoms with Crippen LogP contribution >= 0.6 is 35.0 Å². The van der Waals surface area contributed by atoms with E-state index in [0.29, 0.717) is 15.2 Å². The van der Waals surface area contributed by atoms with Crippen molar-refractivity contribution >= 4 is 46.3 Å². The highest BCUT2D eigenvalue weighted by molar-refractivity contribution is 8.13. The van der Waals surface area contributed by atoms with Gasteiger partial charge in [-0.15, -0.1) is 4.68 Å². The highest BCUT2D eigenvalue weighted by Crippen LogP contribution is 2.33. The minimum Gasteiger partial charge on any atom is -1.00 e. The van der Waals surface area contributed by atoms with Crippen LogP contribution in [0.5, 0.6) is 0 Å². The molecule has 3 rings (SSSR count). The summed E-state index contributed by atoms with van der Waals surface area (Å²) in [5, 5.41) is 6.42. The third-order valence-electron chi connectivity index (χ3n) is 3.35. The second-order valence-electron chi connectivity index (χ2n) is 4.83. The Morgan fingerprint density at radius 2 is 1.87 bits per heavy atom. The van der Waals surface area contributed by atoms with Crippen molar-refractivity contribution in [2.75, 3.05) is 6.54 Å². The normalized spacial score (nSPS) is 17.6. The van der Waals surface area contributed by atoms with Crippen LogP contribution in [0.25, 0.3) is 0 Å². The molecule has 7 heteroatoms. The van der Waals surface area contributed by atoms with Crippen molar-refractivity contribution in [2.45, 2.75) is 5.25 Å². The molecule has 2 aromatic carbocycles. The number of thioether (sulfide) groups is 1. The van der Waals surface area contributed by atoms with Crippen LogP contribution in [0.3, 0.4) is 0 Å². The van der Waals surface area contributed by atoms with E-state index in [1.54, 1.807) is 28.7 Å². The lowest BCUT2D eigenvalue weighted by Crippen LogP contribution is -3.00. The Labute approximate surface area is 159 Å². The van der Waals surface area contributed by atoms with E-state index < -0.39 is 0 Å². The van der Waals surface area contributed by atoms with Gasteiger partial charge in [-0.1, -0.05) is 70.8 Å². The van der Waals surface area contributed by atoms with Gasteiger partial charge >= 0.3 is 5.17 Å². The number of hydrazone groups is 1. The van der Waals surface area contributed by atoms with Crippen LogP contribution in [0.15, 0.2) is 53.6 Å². The predicted molar refractivity (Wildman–Crippen MR) is 95.2 cm³/mol. The fourth-order valence-electron chi connectivity index (χ4n) is 2.19. The van der Waals surface area contributed by atoms with Gasteiger partial charge < -0.3 is 17.0 Å². The van der Waals surface area contributed by atoms with Gasteiger partial charge in [0.2, 0.25) is 0 Å². The summed E-state index contributed by atoms with van der Waals surface area (Å²) in [6.45, 7) is 0.731. The summed E-state index contributed by atoms with van der Waals surface area (Å²) in [6.07, 6.45) is 1.69. The van der Waals surface area contributed by atoms with Crippen molar-refractivity contribution in [3.63, 3.8) is 0 Å². The van der Waals surface area contributed by atoms with E-state index in [-0.39, 0.29) is 22.2 Å². The zero-order valence-corrected chi connectivity index (χ0v) is 15.9. The summed E-state index contributed by atoms with van der Waals surface area (Å²) in [6, 6.07) is 15.7. The molecule has 0 saturated carbocycles. The quantitative estimate of drug-likeness (QED) is 0.586. The number of benzene rings is 2. The zero-order chi connectivity index (χ0) is 15.5. The maximum Gasteiger partial charge on any atom is 0.330 e. The molecular formula is C16H14BrCl2N3S. The summed E-state index contributed by atoms with van der Waals surface area (Å²) in [4.78, 5) is 0. The molecule has 1 heterocycles. The second kappa shape index (κ2) is 8.20. The van der Waals surface area contributed by atoms with Crippen molar-refractivity contribution in [3.8, 4) is 0 Å². The number of nitrogens with two attached hydrogens (primary N) is 1. The molecule has 0 fully saturated rings. The summed E-state index contributed by atoms with van der Waals surface area (Å²) >= 11 is 13.8. The molecule has 0 saturated heterocycles. The van der Waals surface area contributed by atoms with Crippen LogP contribution in [0.4, 0.5) is 0 Å². The summed E-state index contributed by atoms with van der Waals surface area (Å²) in [5.41, 5.74) is 8.09. The molecule has 0 aromatic heterocycles. The lowest BCUT2D eigenvalue weighted by atomic mass is 10.1. The first-order chi connectivity index (χ1) is 10.6. The monoisotopic (exact) mass is 429 g/mol. The highest BCUT2D eigenvalue weighted by atomic mass is 79.9. The van der Waals surface area contributed by atoms with E-state index in [9.17, 15) is 0 Å². The number of hydrogen-bond donors (Lipinski definition) is 1. The average molecular weight is 431 g/mol. The molecule has 3 nitrogen and oxygen atoms in total. The van der Waals surface area contributed by atoms with Crippen LogP contribution in [0, 0.1) is 0 Å². The standard InChI is InChI=1S/C16H13Cl2N3S.BrH/c17-13-8-4-7-12(15(13)18)9-20-21-10-14(22-16(21)19)11-5-2-1-3-6-11;/h1-9,14,19H,10H2;1H/b20-9+;/t14-;/m0./s1. The van der Waals surface area contributed by atoms with Crippen molar-refractivity contribution in [1.82, 2.24) is 0 Å². The third kappa shape index (κ3) is 4.29. The first kappa shape index (κ1) is 18.3. The number of amidine groups is 1. The van der Waals surface area contributed by atoms with Gasteiger partial charge in [-0.3, -0.25) is 5.73 Å². The van der Waals surface area contributed by atoms with Crippen LogP contribution < -0.4 is 22.7 Å². The second-order valence-corrected chi connectivity index (χ2v) is 6.83. The maximum atomic E-state index is 6.15. The van der Waals surface area contributed by atoms with Gasteiger partial charge in [-0.2, -0.15) is 0 Å². The van der Waals surface area contributed by atoms with Crippen molar-refractivity contribution < 1.29 is 21.7 Å². The number of hydrogen-bond acceptors (Lipinski definition) is 3. The van der Waals surface area contributed by atoms with Gasteiger partial charge in [0.25, 0.3) is 0 Å².